The molecule has 4 saturated carbocycles. The summed E-state index contributed by atoms with van der Waals surface area (Å²) in [6.45, 7) is 14.2. The molecule has 4 rings (SSSR count). The smallest absolute Gasteiger partial charge is 0.140 e. The number of Topliss-reactive ketones (excluding diaryl/α,β-unsaturated/α-hetero) is 1. The molecule has 1 nitrogen and oxygen atoms in total. The Morgan fingerprint density at radius 3 is 1.35 bits per heavy atom. The molecule has 0 aromatic carbocycles. The van der Waals surface area contributed by atoms with Crippen molar-refractivity contribution in [2.75, 3.05) is 0 Å². The van der Waals surface area contributed by atoms with Gasteiger partial charge in [0.1, 0.15) is 5.78 Å². The van der Waals surface area contributed by atoms with Crippen molar-refractivity contribution in [2.45, 2.75) is 41.5 Å². The Morgan fingerprint density at radius 2 is 1.00 bits per heavy atom. The topological polar surface area (TPSA) is 17.1 Å². The Hall–Kier alpha value is -0.330. The van der Waals surface area contributed by atoms with Crippen LogP contribution in [0.4, 0.5) is 0 Å². The standard InChI is InChI=1S/C16H24O/c1-14(2)7-8(14)10-12(16(10,5)6)13(17)11-9(7)15(11,3)4/h7-12H,1-6H3. The van der Waals surface area contributed by atoms with Gasteiger partial charge in [-0.05, 0) is 39.9 Å². The minimum Gasteiger partial charge on any atom is -0.299 e. The lowest BCUT2D eigenvalue weighted by molar-refractivity contribution is -0.123. The zero-order valence-electron chi connectivity index (χ0n) is 11.9. The van der Waals surface area contributed by atoms with Crippen molar-refractivity contribution in [3.63, 3.8) is 0 Å². The Morgan fingerprint density at radius 1 is 0.647 bits per heavy atom. The van der Waals surface area contributed by atoms with Gasteiger partial charge in [0.25, 0.3) is 0 Å². The number of carbonyl (C=O) groups is 1. The Labute approximate surface area is 104 Å². The van der Waals surface area contributed by atoms with Crippen LogP contribution >= 0.6 is 0 Å². The zero-order valence-corrected chi connectivity index (χ0v) is 11.9. The van der Waals surface area contributed by atoms with Gasteiger partial charge in [0, 0.05) is 11.8 Å². The zero-order chi connectivity index (χ0) is 12.5. The van der Waals surface area contributed by atoms with Gasteiger partial charge in [-0.3, -0.25) is 4.79 Å². The Kier molecular flexibility index (Phi) is 1.40. The SMILES string of the molecule is CC1(C)C2C(=O)C3C(C4C(C21)C4(C)C)C3(C)C. The molecule has 0 radical (unpaired) electrons. The van der Waals surface area contributed by atoms with E-state index in [1.807, 2.05) is 0 Å². The summed E-state index contributed by atoms with van der Waals surface area (Å²) in [5.74, 6) is 4.50. The van der Waals surface area contributed by atoms with Gasteiger partial charge in [-0.15, -0.1) is 0 Å². The fourth-order valence-corrected chi connectivity index (χ4v) is 6.07. The van der Waals surface area contributed by atoms with Crippen LogP contribution in [-0.2, 0) is 4.79 Å². The van der Waals surface area contributed by atoms with E-state index >= 15 is 0 Å². The summed E-state index contributed by atoms with van der Waals surface area (Å²) in [4.78, 5) is 12.6. The minimum atomic E-state index is 0.303. The van der Waals surface area contributed by atoms with Crippen LogP contribution in [0, 0.1) is 51.8 Å². The average molecular weight is 232 g/mol. The second-order valence-electron chi connectivity index (χ2n) is 8.92. The van der Waals surface area contributed by atoms with E-state index in [0.717, 1.165) is 11.8 Å². The van der Waals surface area contributed by atoms with Gasteiger partial charge >= 0.3 is 0 Å². The molecule has 4 fully saturated rings. The Bertz CT molecular complexity index is 404. The summed E-state index contributed by atoms with van der Waals surface area (Å²) in [7, 11) is 0. The van der Waals surface area contributed by atoms with E-state index in [0.29, 0.717) is 45.7 Å². The molecule has 0 spiro atoms. The van der Waals surface area contributed by atoms with Crippen molar-refractivity contribution in [1.29, 1.82) is 0 Å². The number of hydrogen-bond acceptors (Lipinski definition) is 1. The lowest BCUT2D eigenvalue weighted by Crippen LogP contribution is -2.12. The van der Waals surface area contributed by atoms with Gasteiger partial charge < -0.3 is 0 Å². The van der Waals surface area contributed by atoms with Crippen LogP contribution in [0.5, 0.6) is 0 Å². The molecule has 4 aliphatic rings. The summed E-state index contributed by atoms with van der Waals surface area (Å²) >= 11 is 0. The molecule has 0 amide bonds. The molecule has 0 saturated heterocycles. The lowest BCUT2D eigenvalue weighted by Gasteiger charge is -2.03. The molecule has 1 heteroatoms. The van der Waals surface area contributed by atoms with Gasteiger partial charge in [0.2, 0.25) is 0 Å². The van der Waals surface area contributed by atoms with Gasteiger partial charge in [-0.25, -0.2) is 0 Å². The summed E-state index contributed by atoms with van der Waals surface area (Å²) in [6, 6.07) is 0. The van der Waals surface area contributed by atoms with Crippen molar-refractivity contribution in [1.82, 2.24) is 0 Å². The highest BCUT2D eigenvalue weighted by atomic mass is 16.1. The number of fused-ring (bicyclic) bond motifs is 5. The van der Waals surface area contributed by atoms with Crippen LogP contribution in [0.15, 0.2) is 0 Å². The van der Waals surface area contributed by atoms with E-state index in [2.05, 4.69) is 41.5 Å². The van der Waals surface area contributed by atoms with E-state index < -0.39 is 0 Å². The second-order valence-corrected chi connectivity index (χ2v) is 8.92. The molecule has 0 bridgehead atoms. The molecule has 0 N–H and O–H groups in total. The first-order valence-corrected chi connectivity index (χ1v) is 7.18. The van der Waals surface area contributed by atoms with Crippen LogP contribution in [0.2, 0.25) is 0 Å². The highest BCUT2D eigenvalue weighted by molar-refractivity contribution is 5.92. The monoisotopic (exact) mass is 232 g/mol. The summed E-state index contributed by atoms with van der Waals surface area (Å²) in [5, 5.41) is 0. The van der Waals surface area contributed by atoms with Crippen molar-refractivity contribution in [2.24, 2.45) is 51.8 Å². The highest BCUT2D eigenvalue weighted by Gasteiger charge is 2.85. The second kappa shape index (κ2) is 2.26. The summed E-state index contributed by atoms with van der Waals surface area (Å²) < 4.78 is 0. The first-order chi connectivity index (χ1) is 7.64. The third-order valence-corrected chi connectivity index (χ3v) is 7.20. The third kappa shape index (κ3) is 0.880. The molecule has 0 heterocycles. The molecule has 6 unspecified atom stereocenters. The molecule has 0 aliphatic heterocycles. The molecule has 17 heavy (non-hydrogen) atoms. The van der Waals surface area contributed by atoms with Crippen LogP contribution < -0.4 is 0 Å². The summed E-state index contributed by atoms with van der Waals surface area (Å²) in [5.41, 5.74) is 1.11. The summed E-state index contributed by atoms with van der Waals surface area (Å²) in [6.07, 6.45) is 0. The Balaban J connectivity index is 1.80. The van der Waals surface area contributed by atoms with E-state index in [1.54, 1.807) is 0 Å². The number of rotatable bonds is 0. The predicted octanol–water partition coefficient (Wildman–Crippen LogP) is 3.39. The van der Waals surface area contributed by atoms with Gasteiger partial charge in [-0.2, -0.15) is 0 Å². The van der Waals surface area contributed by atoms with Gasteiger partial charge in [0.05, 0.1) is 0 Å². The maximum Gasteiger partial charge on any atom is 0.140 e. The first-order valence-electron chi connectivity index (χ1n) is 7.18. The molecule has 0 aromatic rings. The van der Waals surface area contributed by atoms with E-state index in [4.69, 9.17) is 0 Å². The molecular weight excluding hydrogens is 208 g/mol. The van der Waals surface area contributed by atoms with Crippen LogP contribution in [0.1, 0.15) is 41.5 Å². The van der Waals surface area contributed by atoms with Crippen LogP contribution in [0.25, 0.3) is 0 Å². The van der Waals surface area contributed by atoms with E-state index in [9.17, 15) is 4.79 Å². The van der Waals surface area contributed by atoms with Crippen molar-refractivity contribution >= 4 is 5.78 Å². The third-order valence-electron chi connectivity index (χ3n) is 7.20. The van der Waals surface area contributed by atoms with E-state index in [1.165, 1.54) is 0 Å². The lowest BCUT2D eigenvalue weighted by atomic mass is 10.00. The minimum absolute atomic E-state index is 0.303. The largest absolute Gasteiger partial charge is 0.299 e. The van der Waals surface area contributed by atoms with Gasteiger partial charge in [0.15, 0.2) is 0 Å². The normalized spacial score (nSPS) is 58.4. The molecule has 94 valence electrons. The molecular formula is C16H24O. The highest BCUT2D eigenvalue weighted by Crippen LogP contribution is 2.86. The molecule has 0 aromatic heterocycles. The van der Waals surface area contributed by atoms with Crippen LogP contribution in [0.3, 0.4) is 0 Å². The quantitative estimate of drug-likeness (QED) is 0.625. The average Bonchev–Trinajstić information content (AvgIpc) is 3.01. The number of hydrogen-bond donors (Lipinski definition) is 0. The van der Waals surface area contributed by atoms with Crippen LogP contribution in [-0.4, -0.2) is 5.78 Å². The van der Waals surface area contributed by atoms with E-state index in [-0.39, 0.29) is 0 Å². The van der Waals surface area contributed by atoms with Crippen molar-refractivity contribution in [3.8, 4) is 0 Å². The molecule has 6 atom stereocenters. The van der Waals surface area contributed by atoms with Crippen molar-refractivity contribution in [3.05, 3.63) is 0 Å². The van der Waals surface area contributed by atoms with Gasteiger partial charge in [-0.1, -0.05) is 41.5 Å². The number of ketones is 1. The van der Waals surface area contributed by atoms with Crippen molar-refractivity contribution < 1.29 is 4.79 Å². The fraction of sp³-hybridized carbons (Fsp3) is 0.938. The maximum absolute atomic E-state index is 12.6. The number of carbonyl (C=O) groups excluding carboxylic acids is 1. The maximum atomic E-state index is 12.6. The molecule has 4 aliphatic carbocycles. The predicted molar refractivity (Wildman–Crippen MR) is 67.3 cm³/mol. The fourth-order valence-electron chi connectivity index (χ4n) is 6.07. The first kappa shape index (κ1) is 10.6.